The van der Waals surface area contributed by atoms with Gasteiger partial charge in [0.2, 0.25) is 0 Å². The van der Waals surface area contributed by atoms with E-state index in [4.69, 9.17) is 0 Å². The van der Waals surface area contributed by atoms with Crippen molar-refractivity contribution in [1.82, 2.24) is 0 Å². The molecule has 11 heavy (non-hydrogen) atoms. The van der Waals surface area contributed by atoms with Gasteiger partial charge >= 0.3 is 0 Å². The normalized spacial score (nSPS) is 11.4. The van der Waals surface area contributed by atoms with E-state index in [-0.39, 0.29) is 6.61 Å². The molecule has 0 aliphatic carbocycles. The van der Waals surface area contributed by atoms with Crippen molar-refractivity contribution in [3.63, 3.8) is 0 Å². The van der Waals surface area contributed by atoms with Gasteiger partial charge < -0.3 is 0 Å². The molecule has 0 fully saturated rings. The third-order valence-corrected chi connectivity index (χ3v) is 1.69. The van der Waals surface area contributed by atoms with E-state index in [0.29, 0.717) is 0 Å². The summed E-state index contributed by atoms with van der Waals surface area (Å²) < 4.78 is 25.4. The second kappa shape index (κ2) is 5.32. The first kappa shape index (κ1) is 10.7. The summed E-state index contributed by atoms with van der Waals surface area (Å²) in [6.07, 6.45) is 5.46. The Kier molecular flexibility index (Phi) is 5.15. The summed E-state index contributed by atoms with van der Waals surface area (Å²) in [4.78, 5) is 0. The lowest BCUT2D eigenvalue weighted by Crippen LogP contribution is -2.03. The first-order valence-electron chi connectivity index (χ1n) is 3.51. The topological polar surface area (TPSA) is 43.4 Å². The fraction of sp³-hybridized carbons (Fsp3) is 0.714. The molecule has 66 valence electrons. The van der Waals surface area contributed by atoms with Crippen molar-refractivity contribution in [2.24, 2.45) is 0 Å². The SMILES string of the molecule is C=CCCCCOS(C)(=O)=O. The summed E-state index contributed by atoms with van der Waals surface area (Å²) in [7, 11) is -3.24. The molecule has 0 aliphatic rings. The van der Waals surface area contributed by atoms with Crippen LogP contribution in [-0.4, -0.2) is 21.3 Å². The van der Waals surface area contributed by atoms with Crippen molar-refractivity contribution >= 4 is 10.1 Å². The van der Waals surface area contributed by atoms with Crippen LogP contribution in [0.5, 0.6) is 0 Å². The zero-order valence-corrected chi connectivity index (χ0v) is 7.56. The molecular formula is C7H14O3S. The summed E-state index contributed by atoms with van der Waals surface area (Å²) in [5.74, 6) is 0. The van der Waals surface area contributed by atoms with Gasteiger partial charge in [0.05, 0.1) is 12.9 Å². The third-order valence-electron chi connectivity index (χ3n) is 1.10. The molecule has 0 aromatic carbocycles. The highest BCUT2D eigenvalue weighted by Crippen LogP contribution is 1.97. The zero-order valence-electron chi connectivity index (χ0n) is 6.75. The maximum Gasteiger partial charge on any atom is 0.264 e. The quantitative estimate of drug-likeness (QED) is 0.350. The van der Waals surface area contributed by atoms with E-state index >= 15 is 0 Å². The molecule has 0 saturated carbocycles. The predicted molar refractivity (Wildman–Crippen MR) is 44.8 cm³/mol. The van der Waals surface area contributed by atoms with Gasteiger partial charge in [-0.05, 0) is 19.3 Å². The van der Waals surface area contributed by atoms with E-state index in [1.165, 1.54) is 0 Å². The summed E-state index contributed by atoms with van der Waals surface area (Å²) in [6, 6.07) is 0. The summed E-state index contributed by atoms with van der Waals surface area (Å²) in [6.45, 7) is 3.83. The number of hydrogen-bond acceptors (Lipinski definition) is 3. The summed E-state index contributed by atoms with van der Waals surface area (Å²) >= 11 is 0. The Bertz CT molecular complexity index is 194. The van der Waals surface area contributed by atoms with Gasteiger partial charge in [-0.15, -0.1) is 6.58 Å². The maximum absolute atomic E-state index is 10.4. The number of unbranched alkanes of at least 4 members (excludes halogenated alkanes) is 2. The predicted octanol–water partition coefficient (Wildman–Crippen LogP) is 1.32. The maximum atomic E-state index is 10.4. The van der Waals surface area contributed by atoms with Crippen LogP contribution < -0.4 is 0 Å². The molecule has 0 bridgehead atoms. The van der Waals surface area contributed by atoms with Gasteiger partial charge in [-0.25, -0.2) is 0 Å². The minimum atomic E-state index is -3.24. The van der Waals surface area contributed by atoms with Crippen molar-refractivity contribution in [2.75, 3.05) is 12.9 Å². The molecule has 0 heterocycles. The Hall–Kier alpha value is -0.350. The minimum absolute atomic E-state index is 0.284. The standard InChI is InChI=1S/C7H14O3S/c1-3-4-5-6-7-10-11(2,8)9/h3H,1,4-7H2,2H3. The van der Waals surface area contributed by atoms with Crippen LogP contribution in [0.25, 0.3) is 0 Å². The van der Waals surface area contributed by atoms with E-state index in [9.17, 15) is 8.42 Å². The molecular weight excluding hydrogens is 164 g/mol. The van der Waals surface area contributed by atoms with Crippen molar-refractivity contribution in [2.45, 2.75) is 19.3 Å². The molecule has 0 aromatic rings. The van der Waals surface area contributed by atoms with Gasteiger partial charge in [0.15, 0.2) is 0 Å². The molecule has 4 heteroatoms. The lowest BCUT2D eigenvalue weighted by Gasteiger charge is -1.98. The highest BCUT2D eigenvalue weighted by Gasteiger charge is 1.99. The van der Waals surface area contributed by atoms with Crippen LogP contribution in [0.3, 0.4) is 0 Å². The van der Waals surface area contributed by atoms with E-state index in [1.54, 1.807) is 6.08 Å². The summed E-state index contributed by atoms with van der Waals surface area (Å²) in [5.41, 5.74) is 0. The summed E-state index contributed by atoms with van der Waals surface area (Å²) in [5, 5.41) is 0. The van der Waals surface area contributed by atoms with Gasteiger partial charge in [-0.3, -0.25) is 4.18 Å². The van der Waals surface area contributed by atoms with Crippen LogP contribution in [-0.2, 0) is 14.3 Å². The Morgan fingerprint density at radius 1 is 1.45 bits per heavy atom. The van der Waals surface area contributed by atoms with Crippen molar-refractivity contribution < 1.29 is 12.6 Å². The average Bonchev–Trinajstić information content (AvgIpc) is 1.85. The Morgan fingerprint density at radius 2 is 2.09 bits per heavy atom. The number of rotatable bonds is 6. The monoisotopic (exact) mass is 178 g/mol. The smallest absolute Gasteiger partial charge is 0.264 e. The molecule has 0 N–H and O–H groups in total. The molecule has 0 aliphatic heterocycles. The molecule has 0 unspecified atom stereocenters. The molecule has 0 saturated heterocycles. The fourth-order valence-corrected chi connectivity index (χ4v) is 1.02. The van der Waals surface area contributed by atoms with Crippen LogP contribution in [0, 0.1) is 0 Å². The van der Waals surface area contributed by atoms with Crippen molar-refractivity contribution in [1.29, 1.82) is 0 Å². The van der Waals surface area contributed by atoms with Crippen molar-refractivity contribution in [3.05, 3.63) is 12.7 Å². The lowest BCUT2D eigenvalue weighted by molar-refractivity contribution is 0.312. The van der Waals surface area contributed by atoms with Crippen LogP contribution >= 0.6 is 0 Å². The first-order valence-corrected chi connectivity index (χ1v) is 5.33. The van der Waals surface area contributed by atoms with Crippen molar-refractivity contribution in [3.8, 4) is 0 Å². The minimum Gasteiger partial charge on any atom is -0.270 e. The molecule has 0 amide bonds. The Labute approximate surface area is 68.2 Å². The molecule has 0 aromatic heterocycles. The van der Waals surface area contributed by atoms with E-state index < -0.39 is 10.1 Å². The molecule has 0 rings (SSSR count). The van der Waals surface area contributed by atoms with Crippen LogP contribution in [0.1, 0.15) is 19.3 Å². The van der Waals surface area contributed by atoms with Crippen LogP contribution in [0.2, 0.25) is 0 Å². The Balaban J connectivity index is 3.22. The van der Waals surface area contributed by atoms with Gasteiger partial charge in [-0.2, -0.15) is 8.42 Å². The van der Waals surface area contributed by atoms with E-state index in [2.05, 4.69) is 10.8 Å². The van der Waals surface area contributed by atoms with Gasteiger partial charge in [0.1, 0.15) is 0 Å². The fourth-order valence-electron chi connectivity index (χ4n) is 0.601. The average molecular weight is 178 g/mol. The molecule has 3 nitrogen and oxygen atoms in total. The van der Waals surface area contributed by atoms with Gasteiger partial charge in [0.25, 0.3) is 10.1 Å². The second-order valence-electron chi connectivity index (χ2n) is 2.31. The third kappa shape index (κ3) is 9.65. The van der Waals surface area contributed by atoms with Crippen LogP contribution in [0.4, 0.5) is 0 Å². The number of hydrogen-bond donors (Lipinski definition) is 0. The second-order valence-corrected chi connectivity index (χ2v) is 3.95. The Morgan fingerprint density at radius 3 is 2.55 bits per heavy atom. The highest BCUT2D eigenvalue weighted by atomic mass is 32.2. The zero-order chi connectivity index (χ0) is 8.74. The van der Waals surface area contributed by atoms with E-state index in [1.807, 2.05) is 0 Å². The van der Waals surface area contributed by atoms with E-state index in [0.717, 1.165) is 25.5 Å². The van der Waals surface area contributed by atoms with Crippen LogP contribution in [0.15, 0.2) is 12.7 Å². The van der Waals surface area contributed by atoms with Gasteiger partial charge in [-0.1, -0.05) is 6.08 Å². The van der Waals surface area contributed by atoms with Gasteiger partial charge in [0, 0.05) is 0 Å². The number of allylic oxidation sites excluding steroid dienone is 1. The molecule has 0 atom stereocenters. The highest BCUT2D eigenvalue weighted by molar-refractivity contribution is 7.85. The first-order chi connectivity index (χ1) is 5.06. The largest absolute Gasteiger partial charge is 0.270 e. The molecule has 0 radical (unpaired) electrons. The lowest BCUT2D eigenvalue weighted by atomic mass is 10.2. The molecule has 0 spiro atoms.